The van der Waals surface area contributed by atoms with Gasteiger partial charge in [0, 0.05) is 10.0 Å². The second kappa shape index (κ2) is 7.46. The van der Waals surface area contributed by atoms with Crippen molar-refractivity contribution in [3.8, 4) is 0 Å². The van der Waals surface area contributed by atoms with Crippen LogP contribution in [0.3, 0.4) is 0 Å². The van der Waals surface area contributed by atoms with Crippen LogP contribution in [-0.4, -0.2) is 17.6 Å². The van der Waals surface area contributed by atoms with Crippen LogP contribution in [0.4, 0.5) is 0 Å². The molecule has 3 nitrogen and oxygen atoms in total. The Morgan fingerprint density at radius 3 is 2.24 bits per heavy atom. The number of nitrogens with one attached hydrogen (secondary N) is 1. The van der Waals surface area contributed by atoms with Crippen LogP contribution in [0.25, 0.3) is 0 Å². The van der Waals surface area contributed by atoms with Gasteiger partial charge in [-0.3, -0.25) is 4.79 Å². The zero-order valence-electron chi connectivity index (χ0n) is 11.2. The van der Waals surface area contributed by atoms with Gasteiger partial charge in [0.05, 0.1) is 19.1 Å². The molecule has 0 aliphatic heterocycles. The fraction of sp³-hybridized carbons (Fsp3) is 0.188. The molecule has 5 heteroatoms. The lowest BCUT2D eigenvalue weighted by Crippen LogP contribution is -2.32. The Balaban J connectivity index is 2.07. The predicted octanol–water partition coefficient (Wildman–Crippen LogP) is 3.39. The van der Waals surface area contributed by atoms with Gasteiger partial charge >= 0.3 is 0 Å². The molecule has 1 atom stereocenters. The Morgan fingerprint density at radius 1 is 1.05 bits per heavy atom. The third kappa shape index (κ3) is 4.21. The minimum atomic E-state index is -0.444. The Morgan fingerprint density at radius 2 is 1.67 bits per heavy atom. The maximum absolute atomic E-state index is 12.1. The third-order valence-corrected chi connectivity index (χ3v) is 3.83. The summed E-state index contributed by atoms with van der Waals surface area (Å²) in [5, 5.41) is 13.1. The molecule has 0 fully saturated rings. The number of carbonyl (C=O) groups excluding carboxylic acids is 1. The van der Waals surface area contributed by atoms with Crippen molar-refractivity contribution < 1.29 is 9.90 Å². The Hall–Kier alpha value is -1.55. The zero-order valence-corrected chi connectivity index (χ0v) is 12.7. The van der Waals surface area contributed by atoms with Crippen molar-refractivity contribution in [2.45, 2.75) is 12.5 Å². The summed E-state index contributed by atoms with van der Waals surface area (Å²) in [6.07, 6.45) is 0.0713. The lowest BCUT2D eigenvalue weighted by atomic mass is 10.1. The summed E-state index contributed by atoms with van der Waals surface area (Å²) in [6, 6.07) is 14.0. The lowest BCUT2D eigenvalue weighted by Gasteiger charge is -2.17. The number of amides is 1. The van der Waals surface area contributed by atoms with Crippen molar-refractivity contribution in [3.63, 3.8) is 0 Å². The van der Waals surface area contributed by atoms with E-state index < -0.39 is 6.04 Å². The van der Waals surface area contributed by atoms with Gasteiger partial charge < -0.3 is 10.4 Å². The van der Waals surface area contributed by atoms with E-state index in [0.29, 0.717) is 15.6 Å². The number of hydrogen-bond donors (Lipinski definition) is 2. The van der Waals surface area contributed by atoms with Crippen LogP contribution in [0.5, 0.6) is 0 Å². The van der Waals surface area contributed by atoms with E-state index in [-0.39, 0.29) is 18.9 Å². The van der Waals surface area contributed by atoms with E-state index in [4.69, 9.17) is 23.2 Å². The van der Waals surface area contributed by atoms with Crippen molar-refractivity contribution in [1.82, 2.24) is 5.32 Å². The van der Waals surface area contributed by atoms with Gasteiger partial charge in [-0.15, -0.1) is 0 Å². The Bertz CT molecular complexity index is 597. The van der Waals surface area contributed by atoms with Crippen LogP contribution in [0.1, 0.15) is 17.2 Å². The number of aliphatic hydroxyl groups excluding tert-OH is 1. The average Bonchev–Trinajstić information content (AvgIpc) is 2.49. The first kappa shape index (κ1) is 15.8. The monoisotopic (exact) mass is 323 g/mol. The van der Waals surface area contributed by atoms with E-state index in [1.54, 1.807) is 18.2 Å². The number of hydrogen-bond acceptors (Lipinski definition) is 2. The maximum atomic E-state index is 12.1. The van der Waals surface area contributed by atoms with Crippen molar-refractivity contribution >= 4 is 29.1 Å². The molecular weight excluding hydrogens is 309 g/mol. The highest BCUT2D eigenvalue weighted by Gasteiger charge is 2.16. The fourth-order valence-corrected chi connectivity index (χ4v) is 2.56. The molecule has 0 aromatic heterocycles. The largest absolute Gasteiger partial charge is 0.394 e. The molecular formula is C16H15Cl2NO2. The number of rotatable bonds is 5. The van der Waals surface area contributed by atoms with Crippen LogP contribution in [0.2, 0.25) is 10.0 Å². The van der Waals surface area contributed by atoms with Gasteiger partial charge in [-0.05, 0) is 23.3 Å². The van der Waals surface area contributed by atoms with Gasteiger partial charge in [-0.1, -0.05) is 59.6 Å². The molecule has 110 valence electrons. The third-order valence-electron chi connectivity index (χ3n) is 3.12. The first-order valence-corrected chi connectivity index (χ1v) is 7.25. The molecule has 0 bridgehead atoms. The lowest BCUT2D eigenvalue weighted by molar-refractivity contribution is -0.121. The standard InChI is InChI=1S/C16H15Cl2NO2/c17-13-7-4-8-14(18)12(13)9-16(21)19-15(10-20)11-5-2-1-3-6-11/h1-8,15,20H,9-10H2,(H,19,21)/t15-/m0/s1. The van der Waals surface area contributed by atoms with Crippen molar-refractivity contribution in [2.75, 3.05) is 6.61 Å². The highest BCUT2D eigenvalue weighted by molar-refractivity contribution is 6.36. The SMILES string of the molecule is O=C(Cc1c(Cl)cccc1Cl)N[C@@H](CO)c1ccccc1. The topological polar surface area (TPSA) is 49.3 Å². The Kier molecular flexibility index (Phi) is 5.62. The summed E-state index contributed by atoms with van der Waals surface area (Å²) < 4.78 is 0. The van der Waals surface area contributed by atoms with Crippen LogP contribution >= 0.6 is 23.2 Å². The summed E-state index contributed by atoms with van der Waals surface area (Å²) in [5.41, 5.74) is 1.43. The number of aliphatic hydroxyl groups is 1. The molecule has 0 aliphatic carbocycles. The molecule has 0 aliphatic rings. The molecule has 2 N–H and O–H groups in total. The molecule has 1 amide bonds. The van der Waals surface area contributed by atoms with Gasteiger partial charge in [0.15, 0.2) is 0 Å². The Labute approximate surface area is 133 Å². The highest BCUT2D eigenvalue weighted by Crippen LogP contribution is 2.25. The molecule has 2 aromatic carbocycles. The van der Waals surface area contributed by atoms with Gasteiger partial charge in [0.25, 0.3) is 0 Å². The minimum absolute atomic E-state index is 0.0713. The second-order valence-corrected chi connectivity index (χ2v) is 5.40. The quantitative estimate of drug-likeness (QED) is 0.886. The van der Waals surface area contributed by atoms with E-state index in [0.717, 1.165) is 5.56 Å². The smallest absolute Gasteiger partial charge is 0.225 e. The number of benzene rings is 2. The zero-order chi connectivity index (χ0) is 15.2. The summed E-state index contributed by atoms with van der Waals surface area (Å²) in [5.74, 6) is -0.243. The molecule has 2 aromatic rings. The second-order valence-electron chi connectivity index (χ2n) is 4.59. The molecule has 0 spiro atoms. The van der Waals surface area contributed by atoms with Gasteiger partial charge in [-0.2, -0.15) is 0 Å². The van der Waals surface area contributed by atoms with E-state index in [2.05, 4.69) is 5.32 Å². The van der Waals surface area contributed by atoms with Crippen LogP contribution in [-0.2, 0) is 11.2 Å². The summed E-state index contributed by atoms with van der Waals surface area (Å²) in [7, 11) is 0. The molecule has 0 radical (unpaired) electrons. The molecule has 0 saturated heterocycles. The summed E-state index contributed by atoms with van der Waals surface area (Å²) in [6.45, 7) is -0.175. The molecule has 0 heterocycles. The van der Waals surface area contributed by atoms with Crippen molar-refractivity contribution in [2.24, 2.45) is 0 Å². The minimum Gasteiger partial charge on any atom is -0.394 e. The van der Waals surface area contributed by atoms with Crippen LogP contribution < -0.4 is 5.32 Å². The van der Waals surface area contributed by atoms with Crippen LogP contribution in [0, 0.1) is 0 Å². The van der Waals surface area contributed by atoms with Crippen LogP contribution in [0.15, 0.2) is 48.5 Å². The number of halogens is 2. The van der Waals surface area contributed by atoms with Gasteiger partial charge in [0.1, 0.15) is 0 Å². The average molecular weight is 324 g/mol. The fourth-order valence-electron chi connectivity index (χ4n) is 2.03. The molecule has 0 saturated carbocycles. The first-order chi connectivity index (χ1) is 10.1. The molecule has 0 unspecified atom stereocenters. The van der Waals surface area contributed by atoms with E-state index in [1.807, 2.05) is 30.3 Å². The maximum Gasteiger partial charge on any atom is 0.225 e. The molecule has 21 heavy (non-hydrogen) atoms. The number of carbonyl (C=O) groups is 1. The summed E-state index contributed by atoms with van der Waals surface area (Å²) in [4.78, 5) is 12.1. The highest BCUT2D eigenvalue weighted by atomic mass is 35.5. The van der Waals surface area contributed by atoms with Crippen molar-refractivity contribution in [3.05, 3.63) is 69.7 Å². The van der Waals surface area contributed by atoms with E-state index >= 15 is 0 Å². The van der Waals surface area contributed by atoms with E-state index in [9.17, 15) is 9.90 Å². The molecule has 2 rings (SSSR count). The normalized spacial score (nSPS) is 12.0. The summed E-state index contributed by atoms with van der Waals surface area (Å²) >= 11 is 12.1. The van der Waals surface area contributed by atoms with Crippen molar-refractivity contribution in [1.29, 1.82) is 0 Å². The first-order valence-electron chi connectivity index (χ1n) is 6.50. The van der Waals surface area contributed by atoms with E-state index in [1.165, 1.54) is 0 Å². The van der Waals surface area contributed by atoms with Gasteiger partial charge in [0.2, 0.25) is 5.91 Å². The predicted molar refractivity (Wildman–Crippen MR) is 84.6 cm³/mol. The van der Waals surface area contributed by atoms with Gasteiger partial charge in [-0.25, -0.2) is 0 Å².